The van der Waals surface area contributed by atoms with E-state index in [2.05, 4.69) is 5.32 Å². The van der Waals surface area contributed by atoms with Crippen LogP contribution in [0.4, 0.5) is 5.69 Å². The second-order valence-corrected chi connectivity index (χ2v) is 9.48. The quantitative estimate of drug-likeness (QED) is 0.380. The van der Waals surface area contributed by atoms with Crippen molar-refractivity contribution in [2.45, 2.75) is 37.6 Å². The van der Waals surface area contributed by atoms with Gasteiger partial charge >= 0.3 is 5.97 Å². The Morgan fingerprint density at radius 3 is 2.45 bits per heavy atom. The number of aryl methyl sites for hydroxylation is 1. The Hall–Kier alpha value is -3.48. The van der Waals surface area contributed by atoms with Crippen LogP contribution in [0.3, 0.4) is 0 Å². The number of sulfonamides is 1. The van der Waals surface area contributed by atoms with E-state index >= 15 is 0 Å². The third-order valence-corrected chi connectivity index (χ3v) is 7.16. The van der Waals surface area contributed by atoms with Gasteiger partial charge < -0.3 is 10.1 Å². The maximum atomic E-state index is 13.1. The van der Waals surface area contributed by atoms with Crippen molar-refractivity contribution in [3.63, 3.8) is 0 Å². The van der Waals surface area contributed by atoms with Crippen molar-refractivity contribution >= 4 is 33.7 Å². The lowest BCUT2D eigenvalue weighted by Gasteiger charge is -2.23. The predicted molar refractivity (Wildman–Crippen MR) is 123 cm³/mol. The van der Waals surface area contributed by atoms with Crippen LogP contribution in [0.25, 0.3) is 6.08 Å². The van der Waals surface area contributed by atoms with E-state index in [-0.39, 0.29) is 23.6 Å². The van der Waals surface area contributed by atoms with E-state index in [9.17, 15) is 18.0 Å². The van der Waals surface area contributed by atoms with Crippen LogP contribution in [0.15, 0.2) is 59.0 Å². The van der Waals surface area contributed by atoms with Gasteiger partial charge in [0, 0.05) is 12.2 Å². The highest BCUT2D eigenvalue weighted by Crippen LogP contribution is 2.27. The molecule has 3 rings (SSSR count). The molecule has 0 aromatic heterocycles. The van der Waals surface area contributed by atoms with Gasteiger partial charge in [-0.25, -0.2) is 13.2 Å². The number of nitriles is 1. The molecule has 1 heterocycles. The van der Waals surface area contributed by atoms with Crippen LogP contribution in [-0.4, -0.2) is 43.8 Å². The summed E-state index contributed by atoms with van der Waals surface area (Å²) in [4.78, 5) is 24.8. The number of hydrogen-bond donors (Lipinski definition) is 1. The molecule has 1 aliphatic rings. The van der Waals surface area contributed by atoms with E-state index in [1.54, 1.807) is 55.5 Å². The molecule has 1 N–H and O–H groups in total. The van der Waals surface area contributed by atoms with Gasteiger partial charge in [0.05, 0.1) is 11.5 Å². The van der Waals surface area contributed by atoms with Gasteiger partial charge in [-0.3, -0.25) is 4.79 Å². The summed E-state index contributed by atoms with van der Waals surface area (Å²) in [6.45, 7) is 3.98. The average Bonchev–Trinajstić information content (AvgIpc) is 3.30. The van der Waals surface area contributed by atoms with Crippen LogP contribution in [0, 0.1) is 18.3 Å². The summed E-state index contributed by atoms with van der Waals surface area (Å²) in [5.74, 6) is -1.11. The number of hydrogen-bond acceptors (Lipinski definition) is 6. The first-order chi connectivity index (χ1) is 15.8. The molecule has 1 saturated heterocycles. The molecule has 1 fully saturated rings. The maximum absolute atomic E-state index is 13.1. The number of nitrogens with one attached hydrogen (secondary N) is 1. The van der Waals surface area contributed by atoms with Gasteiger partial charge in [0.2, 0.25) is 15.9 Å². The number of carbonyl (C=O) groups excluding carboxylic acids is 2. The Labute approximate surface area is 193 Å². The molecule has 1 atom stereocenters. The first-order valence-electron chi connectivity index (χ1n) is 10.5. The van der Waals surface area contributed by atoms with Crippen molar-refractivity contribution in [1.29, 1.82) is 5.26 Å². The van der Waals surface area contributed by atoms with Crippen LogP contribution in [0.2, 0.25) is 0 Å². The summed E-state index contributed by atoms with van der Waals surface area (Å²) in [5.41, 5.74) is 1.89. The molecule has 2 aromatic rings. The van der Waals surface area contributed by atoms with E-state index in [0.717, 1.165) is 5.56 Å². The normalized spacial score (nSPS) is 16.8. The lowest BCUT2D eigenvalue weighted by atomic mass is 10.1. The molecule has 2 aromatic carbocycles. The van der Waals surface area contributed by atoms with Crippen LogP contribution < -0.4 is 5.32 Å². The second kappa shape index (κ2) is 10.4. The van der Waals surface area contributed by atoms with Gasteiger partial charge in [-0.1, -0.05) is 29.8 Å². The summed E-state index contributed by atoms with van der Waals surface area (Å²) < 4.78 is 32.2. The predicted octanol–water partition coefficient (Wildman–Crippen LogP) is 3.26. The highest BCUT2D eigenvalue weighted by molar-refractivity contribution is 7.89. The van der Waals surface area contributed by atoms with Crippen LogP contribution in [-0.2, 0) is 24.3 Å². The molecule has 0 radical (unpaired) electrons. The van der Waals surface area contributed by atoms with Crippen LogP contribution in [0.5, 0.6) is 0 Å². The largest absolute Gasteiger partial charge is 0.462 e. The summed E-state index contributed by atoms with van der Waals surface area (Å²) in [7, 11) is -3.79. The number of nitrogens with zero attached hydrogens (tertiary/aromatic N) is 2. The Bertz CT molecular complexity index is 1200. The molecule has 0 spiro atoms. The fraction of sp³-hybridized carbons (Fsp3) is 0.292. The zero-order valence-corrected chi connectivity index (χ0v) is 19.3. The number of esters is 1. The summed E-state index contributed by atoms with van der Waals surface area (Å²) >= 11 is 0. The number of rotatable bonds is 7. The van der Waals surface area contributed by atoms with E-state index in [4.69, 9.17) is 10.00 Å². The van der Waals surface area contributed by atoms with E-state index in [1.165, 1.54) is 10.4 Å². The minimum atomic E-state index is -3.79. The molecular formula is C24H25N3O5S. The Balaban J connectivity index is 1.72. The van der Waals surface area contributed by atoms with Crippen molar-refractivity contribution in [1.82, 2.24) is 4.31 Å². The zero-order valence-electron chi connectivity index (χ0n) is 18.4. The topological polar surface area (TPSA) is 117 Å². The fourth-order valence-corrected chi connectivity index (χ4v) is 5.19. The van der Waals surface area contributed by atoms with Gasteiger partial charge in [-0.2, -0.15) is 9.57 Å². The minimum Gasteiger partial charge on any atom is -0.462 e. The number of anilines is 1. The molecule has 8 nitrogen and oxygen atoms in total. The minimum absolute atomic E-state index is 0.128. The molecule has 1 unspecified atom stereocenters. The molecule has 172 valence electrons. The van der Waals surface area contributed by atoms with E-state index in [1.807, 2.05) is 13.0 Å². The first kappa shape index (κ1) is 24.2. The van der Waals surface area contributed by atoms with Crippen LogP contribution in [0.1, 0.15) is 30.9 Å². The summed E-state index contributed by atoms with van der Waals surface area (Å²) in [5, 5.41) is 11.9. The number of benzene rings is 2. The highest BCUT2D eigenvalue weighted by atomic mass is 32.2. The Morgan fingerprint density at radius 1 is 1.18 bits per heavy atom. The Morgan fingerprint density at radius 2 is 1.85 bits per heavy atom. The molecule has 9 heteroatoms. The monoisotopic (exact) mass is 467 g/mol. The van der Waals surface area contributed by atoms with Crippen molar-refractivity contribution in [2.24, 2.45) is 0 Å². The van der Waals surface area contributed by atoms with Gasteiger partial charge in [0.15, 0.2) is 0 Å². The van der Waals surface area contributed by atoms with Crippen molar-refractivity contribution in [3.05, 3.63) is 65.2 Å². The van der Waals surface area contributed by atoms with Crippen LogP contribution >= 0.6 is 0 Å². The summed E-state index contributed by atoms with van der Waals surface area (Å²) in [6, 6.07) is 14.1. The fourth-order valence-electron chi connectivity index (χ4n) is 3.54. The molecule has 0 saturated carbocycles. The molecule has 0 bridgehead atoms. The highest BCUT2D eigenvalue weighted by Gasteiger charge is 2.39. The standard InChI is InChI=1S/C24H25N3O5S/c1-3-32-24(29)19(16-25)15-18-8-10-20(11-9-18)26-23(28)22-5-4-14-27(22)33(30,31)21-12-6-17(2)7-13-21/h6-13,15,22H,3-5,14H2,1-2H3,(H,26,28)/b19-15+. The maximum Gasteiger partial charge on any atom is 0.348 e. The molecule has 1 aliphatic heterocycles. The molecule has 33 heavy (non-hydrogen) atoms. The van der Waals surface area contributed by atoms with Crippen molar-refractivity contribution < 1.29 is 22.7 Å². The Kier molecular flexibility index (Phi) is 7.63. The van der Waals surface area contributed by atoms with E-state index < -0.39 is 27.9 Å². The zero-order chi connectivity index (χ0) is 24.0. The SMILES string of the molecule is CCOC(=O)/C(C#N)=C/c1ccc(NC(=O)C2CCCN2S(=O)(=O)c2ccc(C)cc2)cc1. The van der Waals surface area contributed by atoms with Gasteiger partial charge in [-0.05, 0) is 62.6 Å². The van der Waals surface area contributed by atoms with Gasteiger partial charge in [0.1, 0.15) is 17.7 Å². The number of ether oxygens (including phenoxy) is 1. The van der Waals surface area contributed by atoms with Gasteiger partial charge in [-0.15, -0.1) is 0 Å². The van der Waals surface area contributed by atoms with Gasteiger partial charge in [0.25, 0.3) is 0 Å². The third-order valence-electron chi connectivity index (χ3n) is 5.24. The average molecular weight is 468 g/mol. The number of carbonyl (C=O) groups is 2. The lowest BCUT2D eigenvalue weighted by molar-refractivity contribution is -0.137. The molecule has 1 amide bonds. The first-order valence-corrected chi connectivity index (χ1v) is 12.0. The lowest BCUT2D eigenvalue weighted by Crippen LogP contribution is -2.43. The van der Waals surface area contributed by atoms with Crippen molar-refractivity contribution in [3.8, 4) is 6.07 Å². The number of amides is 1. The smallest absolute Gasteiger partial charge is 0.348 e. The second-order valence-electron chi connectivity index (χ2n) is 7.59. The van der Waals surface area contributed by atoms with E-state index in [0.29, 0.717) is 24.1 Å². The summed E-state index contributed by atoms with van der Waals surface area (Å²) in [6.07, 6.45) is 2.43. The third kappa shape index (κ3) is 5.66. The van der Waals surface area contributed by atoms with Crippen molar-refractivity contribution in [2.75, 3.05) is 18.5 Å². The molecular weight excluding hydrogens is 442 g/mol. The molecule has 0 aliphatic carbocycles.